The molecule has 4 fully saturated rings. The molecule has 4 aliphatic rings. The van der Waals surface area contributed by atoms with Crippen molar-refractivity contribution in [3.63, 3.8) is 0 Å². The summed E-state index contributed by atoms with van der Waals surface area (Å²) in [4.78, 5) is 12.9. The van der Waals surface area contributed by atoms with Crippen LogP contribution in [-0.2, 0) is 19.0 Å². The van der Waals surface area contributed by atoms with Gasteiger partial charge in [0.1, 0.15) is 5.78 Å². The highest BCUT2D eigenvalue weighted by Gasteiger charge is 2.59. The van der Waals surface area contributed by atoms with Crippen molar-refractivity contribution in [2.45, 2.75) is 71.5 Å². The molecule has 0 bridgehead atoms. The van der Waals surface area contributed by atoms with Gasteiger partial charge in [0.25, 0.3) is 0 Å². The fourth-order valence-corrected chi connectivity index (χ4v) is 7.85. The third kappa shape index (κ3) is 3.77. The highest BCUT2D eigenvalue weighted by Crippen LogP contribution is 2.64. The van der Waals surface area contributed by atoms with E-state index in [0.717, 1.165) is 13.0 Å². The topological polar surface area (TPSA) is 68.6 Å². The zero-order chi connectivity index (χ0) is 20.6. The highest BCUT2D eigenvalue weighted by atomic mass is 16.7. The molecule has 5 heteroatoms. The Labute approximate surface area is 175 Å². The second-order valence-corrected chi connectivity index (χ2v) is 10.6. The summed E-state index contributed by atoms with van der Waals surface area (Å²) < 4.78 is 16.9. The van der Waals surface area contributed by atoms with Crippen LogP contribution in [0.2, 0.25) is 0 Å². The van der Waals surface area contributed by atoms with Gasteiger partial charge in [-0.1, -0.05) is 20.3 Å². The Balaban J connectivity index is 1.59. The van der Waals surface area contributed by atoms with Gasteiger partial charge in [0.05, 0.1) is 31.8 Å². The van der Waals surface area contributed by atoms with Crippen LogP contribution in [0.25, 0.3) is 0 Å². The third-order valence-electron chi connectivity index (χ3n) is 9.01. The molecule has 29 heavy (non-hydrogen) atoms. The second kappa shape index (κ2) is 8.29. The van der Waals surface area contributed by atoms with Crippen LogP contribution in [0.5, 0.6) is 0 Å². The maximum Gasteiger partial charge on any atom is 0.159 e. The Hall–Kier alpha value is -0.960. The SMILES string of the molecule is COC[C@@]1(C)CCC[C@]2(C)C3CC(=O)CC(C(C#N)CC4OCCO4)C3CCC12. The zero-order valence-corrected chi connectivity index (χ0v) is 18.3. The Morgan fingerprint density at radius 3 is 2.66 bits per heavy atom. The predicted molar refractivity (Wildman–Crippen MR) is 109 cm³/mol. The molecule has 3 aliphatic carbocycles. The number of nitriles is 1. The largest absolute Gasteiger partial charge is 0.384 e. The molecule has 0 aromatic carbocycles. The van der Waals surface area contributed by atoms with Crippen molar-refractivity contribution >= 4 is 5.78 Å². The number of fused-ring (bicyclic) bond motifs is 3. The van der Waals surface area contributed by atoms with Crippen LogP contribution >= 0.6 is 0 Å². The quantitative estimate of drug-likeness (QED) is 0.682. The second-order valence-electron chi connectivity index (χ2n) is 10.6. The molecule has 0 aromatic rings. The molecule has 1 aliphatic heterocycles. The minimum Gasteiger partial charge on any atom is -0.384 e. The van der Waals surface area contributed by atoms with Crippen LogP contribution in [0.1, 0.15) is 65.2 Å². The normalized spacial score (nSPS) is 44.0. The molecular weight excluding hydrogens is 366 g/mol. The molecule has 0 aromatic heterocycles. The van der Waals surface area contributed by atoms with Crippen molar-refractivity contribution in [1.29, 1.82) is 5.26 Å². The van der Waals surface area contributed by atoms with Gasteiger partial charge in [-0.2, -0.15) is 5.26 Å². The van der Waals surface area contributed by atoms with Crippen molar-refractivity contribution in [3.05, 3.63) is 0 Å². The molecule has 7 atom stereocenters. The maximum atomic E-state index is 12.9. The summed E-state index contributed by atoms with van der Waals surface area (Å²) in [5.74, 6) is 1.79. The zero-order valence-electron chi connectivity index (χ0n) is 18.3. The Kier molecular flexibility index (Phi) is 6.08. The van der Waals surface area contributed by atoms with Crippen molar-refractivity contribution in [2.75, 3.05) is 26.9 Å². The number of ether oxygens (including phenoxy) is 3. The third-order valence-corrected chi connectivity index (χ3v) is 9.01. The van der Waals surface area contributed by atoms with Crippen molar-refractivity contribution in [3.8, 4) is 6.07 Å². The average Bonchev–Trinajstić information content (AvgIpc) is 3.19. The van der Waals surface area contributed by atoms with Gasteiger partial charge in [0.15, 0.2) is 6.29 Å². The Bertz CT molecular complexity index is 650. The molecular formula is C24H37NO4. The van der Waals surface area contributed by atoms with E-state index in [-0.39, 0.29) is 29.0 Å². The van der Waals surface area contributed by atoms with Gasteiger partial charge in [-0.3, -0.25) is 4.79 Å². The van der Waals surface area contributed by atoms with Gasteiger partial charge >= 0.3 is 0 Å². The monoisotopic (exact) mass is 403 g/mol. The number of Topliss-reactive ketones (excluding diaryl/α,β-unsaturated/α-hetero) is 1. The van der Waals surface area contributed by atoms with Gasteiger partial charge in [-0.15, -0.1) is 0 Å². The molecule has 5 nitrogen and oxygen atoms in total. The number of hydrogen-bond donors (Lipinski definition) is 0. The molecule has 1 saturated heterocycles. The summed E-state index contributed by atoms with van der Waals surface area (Å²) in [7, 11) is 1.81. The van der Waals surface area contributed by atoms with Gasteiger partial charge in [-0.05, 0) is 60.2 Å². The number of nitrogens with zero attached hydrogens (tertiary/aromatic N) is 1. The van der Waals surface area contributed by atoms with E-state index in [2.05, 4.69) is 19.9 Å². The van der Waals surface area contributed by atoms with E-state index in [1.54, 1.807) is 0 Å². The van der Waals surface area contributed by atoms with Crippen molar-refractivity contribution in [1.82, 2.24) is 0 Å². The standard InChI is InChI=1S/C24H37NO4/c1-23(15-27-3)7-4-8-24(2)20-13-17(26)12-19(18(20)5-6-21(23)24)16(14-25)11-22-28-9-10-29-22/h16,18-22H,4-13,15H2,1-3H3/t16?,18?,19?,20?,21?,23-,24-/m1/s1. The lowest BCUT2D eigenvalue weighted by Gasteiger charge is -2.62. The minimum atomic E-state index is -0.276. The Morgan fingerprint density at radius 2 is 1.97 bits per heavy atom. The molecule has 162 valence electrons. The Morgan fingerprint density at radius 1 is 1.21 bits per heavy atom. The van der Waals surface area contributed by atoms with E-state index in [9.17, 15) is 10.1 Å². The number of ketones is 1. The lowest BCUT2D eigenvalue weighted by molar-refractivity contribution is -0.159. The smallest absolute Gasteiger partial charge is 0.159 e. The van der Waals surface area contributed by atoms with Gasteiger partial charge < -0.3 is 14.2 Å². The lowest BCUT2D eigenvalue weighted by atomic mass is 9.42. The van der Waals surface area contributed by atoms with Crippen molar-refractivity contribution in [2.24, 2.45) is 40.4 Å². The average molecular weight is 404 g/mol. The molecule has 4 rings (SSSR count). The van der Waals surface area contributed by atoms with E-state index in [4.69, 9.17) is 14.2 Å². The minimum absolute atomic E-state index is 0.146. The van der Waals surface area contributed by atoms with Crippen LogP contribution in [-0.4, -0.2) is 39.0 Å². The van der Waals surface area contributed by atoms with Crippen LogP contribution in [0.3, 0.4) is 0 Å². The highest BCUT2D eigenvalue weighted by molar-refractivity contribution is 5.80. The summed E-state index contributed by atoms with van der Waals surface area (Å²) in [6, 6.07) is 2.54. The summed E-state index contributed by atoms with van der Waals surface area (Å²) in [6.45, 7) is 6.86. The van der Waals surface area contributed by atoms with Gasteiger partial charge in [-0.25, -0.2) is 0 Å². The first-order valence-corrected chi connectivity index (χ1v) is 11.5. The fourth-order valence-electron chi connectivity index (χ4n) is 7.85. The van der Waals surface area contributed by atoms with Gasteiger partial charge in [0.2, 0.25) is 0 Å². The van der Waals surface area contributed by atoms with Crippen LogP contribution < -0.4 is 0 Å². The first kappa shape index (κ1) is 21.3. The first-order valence-electron chi connectivity index (χ1n) is 11.5. The fraction of sp³-hybridized carbons (Fsp3) is 0.917. The summed E-state index contributed by atoms with van der Waals surface area (Å²) in [5, 5.41) is 9.98. The number of carbonyl (C=O) groups is 1. The predicted octanol–water partition coefficient (Wildman–Crippen LogP) is 4.35. The summed E-state index contributed by atoms with van der Waals surface area (Å²) in [6.07, 6.45) is 7.52. The van der Waals surface area contributed by atoms with Gasteiger partial charge in [0, 0.05) is 26.4 Å². The number of rotatable bonds is 5. The van der Waals surface area contributed by atoms with E-state index in [0.29, 0.717) is 56.0 Å². The van der Waals surface area contributed by atoms with Crippen molar-refractivity contribution < 1.29 is 19.0 Å². The number of carbonyl (C=O) groups excluding carboxylic acids is 1. The lowest BCUT2D eigenvalue weighted by Crippen LogP contribution is -2.57. The van der Waals surface area contributed by atoms with E-state index in [1.165, 1.54) is 25.7 Å². The molecule has 0 spiro atoms. The number of hydrogen-bond acceptors (Lipinski definition) is 5. The molecule has 1 heterocycles. The van der Waals surface area contributed by atoms with E-state index >= 15 is 0 Å². The first-order chi connectivity index (χ1) is 13.9. The molecule has 0 radical (unpaired) electrons. The van der Waals surface area contributed by atoms with Crippen LogP contribution in [0.4, 0.5) is 0 Å². The molecule has 5 unspecified atom stereocenters. The summed E-state index contributed by atoms with van der Waals surface area (Å²) in [5.41, 5.74) is 0.367. The maximum absolute atomic E-state index is 12.9. The number of methoxy groups -OCH3 is 1. The van der Waals surface area contributed by atoms with Crippen LogP contribution in [0.15, 0.2) is 0 Å². The molecule has 0 amide bonds. The molecule has 0 N–H and O–H groups in total. The summed E-state index contributed by atoms with van der Waals surface area (Å²) >= 11 is 0. The van der Waals surface area contributed by atoms with E-state index < -0.39 is 0 Å². The van der Waals surface area contributed by atoms with E-state index in [1.807, 2.05) is 7.11 Å². The molecule has 3 saturated carbocycles. The van der Waals surface area contributed by atoms with Crippen LogP contribution in [0, 0.1) is 51.8 Å².